The van der Waals surface area contributed by atoms with Crippen molar-refractivity contribution in [1.29, 1.82) is 5.26 Å². The van der Waals surface area contributed by atoms with Crippen LogP contribution in [0.1, 0.15) is 48.6 Å². The van der Waals surface area contributed by atoms with Crippen molar-refractivity contribution in [2.24, 2.45) is 13.0 Å². The lowest BCUT2D eigenvalue weighted by Crippen LogP contribution is -2.46. The summed E-state index contributed by atoms with van der Waals surface area (Å²) in [4.78, 5) is 13.1. The molecule has 0 unspecified atom stereocenters. The van der Waals surface area contributed by atoms with E-state index >= 15 is 0 Å². The van der Waals surface area contributed by atoms with Crippen molar-refractivity contribution in [2.45, 2.75) is 45.3 Å². The second-order valence-electron chi connectivity index (χ2n) is 8.64. The molecule has 1 aliphatic rings. The first kappa shape index (κ1) is 20.2. The molecule has 1 aromatic heterocycles. The van der Waals surface area contributed by atoms with Crippen LogP contribution in [0, 0.1) is 17.2 Å². The fraction of sp³-hybridized carbons (Fsp3) is 0.360. The van der Waals surface area contributed by atoms with Crippen molar-refractivity contribution >= 4 is 16.8 Å². The maximum absolute atomic E-state index is 13.1. The van der Waals surface area contributed by atoms with Gasteiger partial charge >= 0.3 is 0 Å². The first-order valence-electron chi connectivity index (χ1n) is 10.6. The molecule has 2 atom stereocenters. The Morgan fingerprint density at radius 3 is 2.73 bits per heavy atom. The number of hydrogen-bond donors (Lipinski definition) is 2. The molecule has 0 aliphatic carbocycles. The van der Waals surface area contributed by atoms with Crippen LogP contribution < -0.4 is 10.6 Å². The summed E-state index contributed by atoms with van der Waals surface area (Å²) in [5, 5.41) is 17.0. The Balaban J connectivity index is 1.58. The van der Waals surface area contributed by atoms with E-state index in [9.17, 15) is 4.79 Å². The van der Waals surface area contributed by atoms with Gasteiger partial charge in [-0.15, -0.1) is 0 Å². The predicted molar refractivity (Wildman–Crippen MR) is 119 cm³/mol. The first-order valence-corrected chi connectivity index (χ1v) is 10.6. The summed E-state index contributed by atoms with van der Waals surface area (Å²) >= 11 is 0. The molecule has 2 heterocycles. The van der Waals surface area contributed by atoms with Gasteiger partial charge < -0.3 is 9.88 Å². The van der Waals surface area contributed by atoms with Crippen LogP contribution in [0.4, 0.5) is 0 Å². The Hall–Kier alpha value is -3.10. The third-order valence-electron chi connectivity index (χ3n) is 5.90. The Kier molecular flexibility index (Phi) is 5.61. The second kappa shape index (κ2) is 8.33. The molecule has 0 radical (unpaired) electrons. The van der Waals surface area contributed by atoms with Crippen LogP contribution in [-0.4, -0.2) is 16.5 Å². The highest BCUT2D eigenvalue weighted by Gasteiger charge is 2.30. The van der Waals surface area contributed by atoms with Crippen molar-refractivity contribution in [3.05, 3.63) is 70.9 Å². The second-order valence-corrected chi connectivity index (χ2v) is 8.64. The number of nitrogens with zero attached hydrogens (tertiary/aromatic N) is 2. The molecule has 30 heavy (non-hydrogen) atoms. The zero-order chi connectivity index (χ0) is 21.3. The number of amides is 1. The molecule has 2 aromatic carbocycles. The van der Waals surface area contributed by atoms with Gasteiger partial charge in [-0.3, -0.25) is 10.1 Å². The largest absolute Gasteiger partial charge is 0.351 e. The summed E-state index contributed by atoms with van der Waals surface area (Å²) in [6.07, 6.45) is 3.81. The Bertz CT molecular complexity index is 1100. The third-order valence-corrected chi connectivity index (χ3v) is 5.90. The molecule has 154 valence electrons. The van der Waals surface area contributed by atoms with Gasteiger partial charge in [-0.2, -0.15) is 5.26 Å². The maximum atomic E-state index is 13.1. The molecule has 1 aliphatic heterocycles. The lowest BCUT2D eigenvalue weighted by Gasteiger charge is -2.25. The van der Waals surface area contributed by atoms with Crippen LogP contribution in [-0.2, 0) is 24.8 Å². The molecule has 0 fully saturated rings. The van der Waals surface area contributed by atoms with E-state index in [4.69, 9.17) is 5.26 Å². The molecule has 0 saturated heterocycles. The van der Waals surface area contributed by atoms with E-state index in [1.807, 2.05) is 12.1 Å². The predicted octanol–water partition coefficient (Wildman–Crippen LogP) is 3.97. The van der Waals surface area contributed by atoms with Crippen molar-refractivity contribution in [3.63, 3.8) is 0 Å². The quantitative estimate of drug-likeness (QED) is 0.681. The maximum Gasteiger partial charge on any atom is 0.237 e. The standard InChI is InChI=1S/C25H28N4O/c1-16(2)11-21-20-5-4-6-23-24(20)19(15-29(23)3)12-22(28-21)25(30)27-14-18-9-7-17(13-26)8-10-18/h4-10,15-16,21-22,28H,11-12,14H2,1-3H3,(H,27,30)/t21-,22-/m0/s1. The molecule has 3 aromatic rings. The highest BCUT2D eigenvalue weighted by molar-refractivity contribution is 5.90. The normalized spacial score (nSPS) is 18.2. The third kappa shape index (κ3) is 3.96. The molecule has 0 saturated carbocycles. The summed E-state index contributed by atoms with van der Waals surface area (Å²) in [5.74, 6) is 0.531. The summed E-state index contributed by atoms with van der Waals surface area (Å²) in [6, 6.07) is 15.8. The van der Waals surface area contributed by atoms with E-state index in [1.54, 1.807) is 12.1 Å². The molecule has 4 rings (SSSR count). The van der Waals surface area contributed by atoms with E-state index < -0.39 is 0 Å². The molecule has 2 N–H and O–H groups in total. The number of carbonyl (C=O) groups excluding carboxylic acids is 1. The highest BCUT2D eigenvalue weighted by Crippen LogP contribution is 2.35. The molecular formula is C25H28N4O. The average Bonchev–Trinajstić information content (AvgIpc) is 2.97. The van der Waals surface area contributed by atoms with Gasteiger partial charge in [-0.1, -0.05) is 38.1 Å². The Morgan fingerprint density at radius 1 is 1.27 bits per heavy atom. The summed E-state index contributed by atoms with van der Waals surface area (Å²) < 4.78 is 2.16. The zero-order valence-electron chi connectivity index (χ0n) is 17.8. The number of aromatic nitrogens is 1. The minimum absolute atomic E-state index is 0.0120. The van der Waals surface area contributed by atoms with Crippen LogP contribution in [0.15, 0.2) is 48.7 Å². The Labute approximate surface area is 177 Å². The van der Waals surface area contributed by atoms with Gasteiger partial charge in [0, 0.05) is 36.7 Å². The number of hydrogen-bond acceptors (Lipinski definition) is 3. The monoisotopic (exact) mass is 400 g/mol. The lowest BCUT2D eigenvalue weighted by molar-refractivity contribution is -0.123. The molecule has 5 heteroatoms. The fourth-order valence-corrected chi connectivity index (χ4v) is 4.47. The zero-order valence-corrected chi connectivity index (χ0v) is 17.8. The topological polar surface area (TPSA) is 69.8 Å². The minimum Gasteiger partial charge on any atom is -0.351 e. The number of carbonyl (C=O) groups is 1. The highest BCUT2D eigenvalue weighted by atomic mass is 16.2. The van der Waals surface area contributed by atoms with Crippen LogP contribution in [0.25, 0.3) is 10.9 Å². The van der Waals surface area contributed by atoms with Crippen molar-refractivity contribution < 1.29 is 4.79 Å². The SMILES string of the molecule is CC(C)C[C@@H]1N[C@H](C(=O)NCc2ccc(C#N)cc2)Cc2cn(C)c3cccc1c23. The van der Waals surface area contributed by atoms with Crippen LogP contribution >= 0.6 is 0 Å². The Morgan fingerprint density at radius 2 is 2.03 bits per heavy atom. The van der Waals surface area contributed by atoms with Gasteiger partial charge in [0.25, 0.3) is 0 Å². The van der Waals surface area contributed by atoms with E-state index in [2.05, 4.69) is 66.6 Å². The van der Waals surface area contributed by atoms with Gasteiger partial charge in [0.05, 0.1) is 17.7 Å². The lowest BCUT2D eigenvalue weighted by atomic mass is 9.94. The summed E-state index contributed by atoms with van der Waals surface area (Å²) in [6.45, 7) is 4.89. The minimum atomic E-state index is -0.287. The van der Waals surface area contributed by atoms with Gasteiger partial charge in [0.1, 0.15) is 0 Å². The number of nitrogens with one attached hydrogen (secondary N) is 2. The molecule has 1 amide bonds. The van der Waals surface area contributed by atoms with Crippen molar-refractivity contribution in [3.8, 4) is 6.07 Å². The van der Waals surface area contributed by atoms with E-state index in [0.29, 0.717) is 24.4 Å². The van der Waals surface area contributed by atoms with Crippen LogP contribution in [0.3, 0.4) is 0 Å². The smallest absolute Gasteiger partial charge is 0.237 e. The van der Waals surface area contributed by atoms with Gasteiger partial charge in [-0.05, 0) is 53.6 Å². The van der Waals surface area contributed by atoms with Gasteiger partial charge in [0.15, 0.2) is 0 Å². The number of benzene rings is 2. The van der Waals surface area contributed by atoms with Crippen molar-refractivity contribution in [1.82, 2.24) is 15.2 Å². The van der Waals surface area contributed by atoms with Gasteiger partial charge in [0.2, 0.25) is 5.91 Å². The summed E-state index contributed by atoms with van der Waals surface area (Å²) in [7, 11) is 2.07. The fourth-order valence-electron chi connectivity index (χ4n) is 4.47. The molecule has 5 nitrogen and oxygen atoms in total. The average molecular weight is 401 g/mol. The molecule has 0 spiro atoms. The molecular weight excluding hydrogens is 372 g/mol. The van der Waals surface area contributed by atoms with E-state index in [-0.39, 0.29) is 18.0 Å². The molecule has 0 bridgehead atoms. The summed E-state index contributed by atoms with van der Waals surface area (Å²) in [5.41, 5.74) is 5.34. The number of aryl methyl sites for hydroxylation is 1. The van der Waals surface area contributed by atoms with E-state index in [0.717, 1.165) is 12.0 Å². The number of rotatable bonds is 5. The first-order chi connectivity index (χ1) is 14.5. The van der Waals surface area contributed by atoms with Crippen LogP contribution in [0.5, 0.6) is 0 Å². The van der Waals surface area contributed by atoms with Gasteiger partial charge in [-0.25, -0.2) is 0 Å². The van der Waals surface area contributed by atoms with Crippen molar-refractivity contribution in [2.75, 3.05) is 0 Å². The van der Waals surface area contributed by atoms with E-state index in [1.165, 1.54) is 22.0 Å². The number of nitriles is 1. The van der Waals surface area contributed by atoms with Crippen LogP contribution in [0.2, 0.25) is 0 Å².